The van der Waals surface area contributed by atoms with E-state index in [-0.39, 0.29) is 0 Å². The number of allylic oxidation sites excluding steroid dienone is 2. The van der Waals surface area contributed by atoms with Crippen molar-refractivity contribution in [3.63, 3.8) is 0 Å². The van der Waals surface area contributed by atoms with Gasteiger partial charge in [0.25, 0.3) is 0 Å². The van der Waals surface area contributed by atoms with E-state index in [0.29, 0.717) is 0 Å². The summed E-state index contributed by atoms with van der Waals surface area (Å²) in [5.41, 5.74) is 0. The van der Waals surface area contributed by atoms with E-state index in [0.717, 1.165) is 0 Å². The third-order valence-electron chi connectivity index (χ3n) is 1.09. The average Bonchev–Trinajstić information content (AvgIpc) is 1.77. The fourth-order valence-corrected chi connectivity index (χ4v) is 1.02. The van der Waals surface area contributed by atoms with Crippen LogP contribution in [0.5, 0.6) is 0 Å². The van der Waals surface area contributed by atoms with Crippen LogP contribution in [0.15, 0.2) is 24.3 Å². The highest BCUT2D eigenvalue weighted by Crippen LogP contribution is 2.32. The van der Waals surface area contributed by atoms with Crippen molar-refractivity contribution in [2.75, 3.05) is 0 Å². The maximum absolute atomic E-state index is 10.9. The Morgan fingerprint density at radius 1 is 1.56 bits per heavy atom. The second-order valence-corrected chi connectivity index (χ2v) is 4.23. The summed E-state index contributed by atoms with van der Waals surface area (Å²) in [5, 5.41) is 10.9. The molecule has 0 aromatic heterocycles. The minimum absolute atomic E-state index is 0.885. The smallest absolute Gasteiger partial charge is 0.150 e. The molecular formula is C6H5BrClO. The quantitative estimate of drug-likeness (QED) is 0.544. The molecule has 2 atom stereocenters. The van der Waals surface area contributed by atoms with Gasteiger partial charge < -0.3 is 0 Å². The zero-order valence-electron chi connectivity index (χ0n) is 4.55. The van der Waals surface area contributed by atoms with Crippen molar-refractivity contribution < 1.29 is 5.11 Å². The fraction of sp³-hybridized carbons (Fsp3) is 0.333. The van der Waals surface area contributed by atoms with Crippen LogP contribution in [-0.2, 0) is 5.11 Å². The van der Waals surface area contributed by atoms with Crippen molar-refractivity contribution in [2.24, 2.45) is 0 Å². The molecular weight excluding hydrogens is 203 g/mol. The van der Waals surface area contributed by atoms with Gasteiger partial charge in [-0.1, -0.05) is 45.8 Å². The third kappa shape index (κ3) is 1.57. The molecule has 0 spiro atoms. The van der Waals surface area contributed by atoms with Gasteiger partial charge in [-0.05, 0) is 6.08 Å². The largest absolute Gasteiger partial charge is 0.225 e. The van der Waals surface area contributed by atoms with Gasteiger partial charge in [0.05, 0.1) is 0 Å². The van der Waals surface area contributed by atoms with Gasteiger partial charge >= 0.3 is 0 Å². The first kappa shape index (κ1) is 7.32. The van der Waals surface area contributed by atoms with E-state index in [1.54, 1.807) is 18.2 Å². The molecule has 9 heavy (non-hydrogen) atoms. The van der Waals surface area contributed by atoms with E-state index in [1.807, 2.05) is 0 Å². The Hall–Kier alpha value is 0.210. The maximum Gasteiger partial charge on any atom is 0.150 e. The van der Waals surface area contributed by atoms with Crippen LogP contribution in [0.3, 0.4) is 0 Å². The van der Waals surface area contributed by atoms with Crippen molar-refractivity contribution >= 4 is 27.5 Å². The highest BCUT2D eigenvalue weighted by molar-refractivity contribution is 9.10. The van der Waals surface area contributed by atoms with Gasteiger partial charge in [0, 0.05) is 0 Å². The Bertz CT molecular complexity index is 162. The lowest BCUT2D eigenvalue weighted by Gasteiger charge is -2.19. The molecule has 1 nitrogen and oxygen atoms in total. The predicted octanol–water partition coefficient (Wildman–Crippen LogP) is 2.24. The molecule has 1 aliphatic rings. The molecule has 0 aromatic rings. The lowest BCUT2D eigenvalue weighted by atomic mass is 10.1. The Morgan fingerprint density at radius 3 is 2.56 bits per heavy atom. The lowest BCUT2D eigenvalue weighted by Crippen LogP contribution is -2.26. The van der Waals surface area contributed by atoms with Crippen molar-refractivity contribution in [3.8, 4) is 0 Å². The average molecular weight is 208 g/mol. The first-order chi connectivity index (χ1) is 4.13. The van der Waals surface area contributed by atoms with E-state index in [9.17, 15) is 5.11 Å². The van der Waals surface area contributed by atoms with Gasteiger partial charge in [0.2, 0.25) is 0 Å². The van der Waals surface area contributed by atoms with Crippen LogP contribution in [0.25, 0.3) is 0 Å². The number of hydrogen-bond donors (Lipinski definition) is 0. The van der Waals surface area contributed by atoms with E-state index in [4.69, 9.17) is 11.6 Å². The molecule has 1 rings (SSSR count). The molecule has 0 saturated heterocycles. The topological polar surface area (TPSA) is 19.9 Å². The highest BCUT2D eigenvalue weighted by atomic mass is 79.9. The summed E-state index contributed by atoms with van der Waals surface area (Å²) in [6, 6.07) is 0. The third-order valence-corrected chi connectivity index (χ3v) is 2.15. The summed E-state index contributed by atoms with van der Waals surface area (Å²) >= 11 is 8.76. The number of alkyl halides is 2. The van der Waals surface area contributed by atoms with Crippen molar-refractivity contribution in [2.45, 2.75) is 9.89 Å². The Balaban J connectivity index is 2.78. The Labute approximate surface area is 67.1 Å². The van der Waals surface area contributed by atoms with Gasteiger partial charge in [-0.15, -0.1) is 0 Å². The van der Waals surface area contributed by atoms with Crippen LogP contribution >= 0.6 is 27.5 Å². The summed E-state index contributed by atoms with van der Waals surface area (Å²) in [5.74, 6) is 0. The van der Waals surface area contributed by atoms with Gasteiger partial charge in [0.15, 0.2) is 3.78 Å². The SMILES string of the molecule is [O]C1C=CC=CC1(Cl)Br. The molecule has 0 N–H and O–H groups in total. The van der Waals surface area contributed by atoms with E-state index in [2.05, 4.69) is 15.9 Å². The molecule has 2 unspecified atom stereocenters. The van der Waals surface area contributed by atoms with Crippen molar-refractivity contribution in [3.05, 3.63) is 24.3 Å². The molecule has 3 heteroatoms. The normalized spacial score (nSPS) is 41.4. The maximum atomic E-state index is 10.9. The second-order valence-electron chi connectivity index (χ2n) is 1.84. The minimum Gasteiger partial charge on any atom is -0.225 e. The summed E-state index contributed by atoms with van der Waals surface area (Å²) in [7, 11) is 0. The van der Waals surface area contributed by atoms with Gasteiger partial charge in [-0.2, -0.15) is 0 Å². The van der Waals surface area contributed by atoms with Crippen molar-refractivity contribution in [1.29, 1.82) is 0 Å². The van der Waals surface area contributed by atoms with Crippen LogP contribution in [0.2, 0.25) is 0 Å². The lowest BCUT2D eigenvalue weighted by molar-refractivity contribution is 0.128. The molecule has 0 heterocycles. The number of hydrogen-bond acceptors (Lipinski definition) is 0. The Kier molecular flexibility index (Phi) is 1.99. The first-order valence-electron chi connectivity index (χ1n) is 2.52. The fourth-order valence-electron chi connectivity index (χ4n) is 0.572. The minimum atomic E-state index is -0.901. The Morgan fingerprint density at radius 2 is 2.22 bits per heavy atom. The van der Waals surface area contributed by atoms with Crippen LogP contribution < -0.4 is 0 Å². The monoisotopic (exact) mass is 207 g/mol. The summed E-state index contributed by atoms with van der Waals surface area (Å²) in [4.78, 5) is 0. The van der Waals surface area contributed by atoms with E-state index in [1.165, 1.54) is 6.08 Å². The highest BCUT2D eigenvalue weighted by Gasteiger charge is 2.30. The molecule has 0 saturated carbocycles. The first-order valence-corrected chi connectivity index (χ1v) is 3.70. The standard InChI is InChI=1S/C6H5BrClO/c7-6(8)4-2-1-3-5(6)9/h1-5H. The van der Waals surface area contributed by atoms with Gasteiger partial charge in [-0.3, -0.25) is 0 Å². The molecule has 1 aliphatic carbocycles. The molecule has 0 amide bonds. The van der Waals surface area contributed by atoms with Crippen LogP contribution in [0, 0.1) is 0 Å². The second kappa shape index (κ2) is 2.45. The van der Waals surface area contributed by atoms with Crippen LogP contribution in [-0.4, -0.2) is 9.89 Å². The van der Waals surface area contributed by atoms with E-state index < -0.39 is 9.89 Å². The molecule has 0 aromatic carbocycles. The summed E-state index contributed by atoms with van der Waals surface area (Å²) in [6.07, 6.45) is 5.70. The van der Waals surface area contributed by atoms with E-state index >= 15 is 0 Å². The summed E-state index contributed by atoms with van der Waals surface area (Å²) in [6.45, 7) is 0. The number of rotatable bonds is 0. The zero-order valence-corrected chi connectivity index (χ0v) is 6.89. The molecule has 49 valence electrons. The number of halogens is 2. The molecule has 1 radical (unpaired) electrons. The van der Waals surface area contributed by atoms with Crippen molar-refractivity contribution in [1.82, 2.24) is 0 Å². The zero-order chi connectivity index (χ0) is 6.91. The van der Waals surface area contributed by atoms with Gasteiger partial charge in [-0.25, -0.2) is 5.11 Å². The van der Waals surface area contributed by atoms with Crippen LogP contribution in [0.1, 0.15) is 0 Å². The van der Waals surface area contributed by atoms with Crippen LogP contribution in [0.4, 0.5) is 0 Å². The summed E-state index contributed by atoms with van der Waals surface area (Å²) < 4.78 is -0.901. The predicted molar refractivity (Wildman–Crippen MR) is 40.3 cm³/mol. The molecule has 0 fully saturated rings. The molecule has 0 aliphatic heterocycles. The van der Waals surface area contributed by atoms with Gasteiger partial charge in [0.1, 0.15) is 6.10 Å². The molecule has 0 bridgehead atoms.